The summed E-state index contributed by atoms with van der Waals surface area (Å²) in [4.78, 5) is 47.1. The second-order valence-electron chi connectivity index (χ2n) is 9.35. The van der Waals surface area contributed by atoms with Crippen LogP contribution in [0.1, 0.15) is 45.6 Å². The van der Waals surface area contributed by atoms with E-state index in [0.29, 0.717) is 17.8 Å². The largest absolute Gasteiger partial charge is 0.326 e. The molecule has 1 aliphatic carbocycles. The summed E-state index contributed by atoms with van der Waals surface area (Å²) in [6.45, 7) is 0.939. The molecular formula is C28H26N4O3S. The Balaban J connectivity index is 1.10. The third-order valence-electron chi connectivity index (χ3n) is 7.07. The molecule has 2 aromatic carbocycles. The molecule has 36 heavy (non-hydrogen) atoms. The van der Waals surface area contributed by atoms with Gasteiger partial charge in [0.2, 0.25) is 5.91 Å². The molecule has 2 aliphatic rings. The number of para-hydroxylation sites is 1. The fraction of sp³-hybridized carbons (Fsp3) is 0.286. The first-order chi connectivity index (χ1) is 17.6. The van der Waals surface area contributed by atoms with Gasteiger partial charge < -0.3 is 10.2 Å². The first kappa shape index (κ1) is 22.7. The molecule has 0 bridgehead atoms. The Morgan fingerprint density at radius 1 is 1.00 bits per heavy atom. The van der Waals surface area contributed by atoms with E-state index < -0.39 is 0 Å². The number of nitrogens with zero attached hydrogens (tertiary/aromatic N) is 3. The Morgan fingerprint density at radius 3 is 2.67 bits per heavy atom. The van der Waals surface area contributed by atoms with Crippen LogP contribution in [0.15, 0.2) is 59.7 Å². The maximum atomic E-state index is 13.1. The molecule has 0 atom stereocenters. The van der Waals surface area contributed by atoms with Crippen LogP contribution in [0.4, 0.5) is 11.4 Å². The van der Waals surface area contributed by atoms with Crippen molar-refractivity contribution in [1.82, 2.24) is 9.55 Å². The van der Waals surface area contributed by atoms with Crippen LogP contribution in [0.2, 0.25) is 0 Å². The van der Waals surface area contributed by atoms with E-state index in [9.17, 15) is 14.4 Å². The van der Waals surface area contributed by atoms with Crippen LogP contribution in [0.3, 0.4) is 0 Å². The number of carbonyl (C=O) groups excluding carboxylic acids is 2. The van der Waals surface area contributed by atoms with Crippen molar-refractivity contribution in [2.75, 3.05) is 16.8 Å². The van der Waals surface area contributed by atoms with Crippen LogP contribution in [0.5, 0.6) is 0 Å². The summed E-state index contributed by atoms with van der Waals surface area (Å²) < 4.78 is 1.54. The van der Waals surface area contributed by atoms with Crippen molar-refractivity contribution in [1.29, 1.82) is 0 Å². The highest BCUT2D eigenvalue weighted by Gasteiger charge is 2.25. The number of aryl methyl sites for hydroxylation is 3. The molecule has 4 aromatic rings. The van der Waals surface area contributed by atoms with Gasteiger partial charge in [-0.05, 0) is 73.6 Å². The summed E-state index contributed by atoms with van der Waals surface area (Å²) in [6.07, 6.45) is 6.78. The number of amides is 2. The number of thiophene rings is 1. The fourth-order valence-electron chi connectivity index (χ4n) is 5.19. The van der Waals surface area contributed by atoms with E-state index in [1.165, 1.54) is 10.4 Å². The molecule has 2 amide bonds. The van der Waals surface area contributed by atoms with Gasteiger partial charge in [0.25, 0.3) is 11.5 Å². The van der Waals surface area contributed by atoms with Gasteiger partial charge in [-0.1, -0.05) is 18.2 Å². The summed E-state index contributed by atoms with van der Waals surface area (Å²) in [5.41, 5.74) is 4.44. The Hall–Kier alpha value is -3.78. The highest BCUT2D eigenvalue weighted by molar-refractivity contribution is 7.18. The Morgan fingerprint density at radius 2 is 1.81 bits per heavy atom. The summed E-state index contributed by atoms with van der Waals surface area (Å²) in [5, 5.41) is 3.60. The number of hydrogen-bond donors (Lipinski definition) is 1. The zero-order valence-electron chi connectivity index (χ0n) is 19.8. The lowest BCUT2D eigenvalue weighted by Crippen LogP contribution is -2.28. The number of rotatable bonds is 5. The summed E-state index contributed by atoms with van der Waals surface area (Å²) in [6, 6.07) is 14.9. The maximum Gasteiger partial charge on any atom is 0.262 e. The molecule has 1 aliphatic heterocycles. The first-order valence-electron chi connectivity index (χ1n) is 12.4. The third kappa shape index (κ3) is 4.11. The second-order valence-corrected chi connectivity index (χ2v) is 10.4. The predicted octanol–water partition coefficient (Wildman–Crippen LogP) is 4.57. The van der Waals surface area contributed by atoms with E-state index in [0.717, 1.165) is 53.6 Å². The van der Waals surface area contributed by atoms with Gasteiger partial charge in [0.05, 0.1) is 11.7 Å². The van der Waals surface area contributed by atoms with Crippen molar-refractivity contribution < 1.29 is 9.59 Å². The molecule has 6 rings (SSSR count). The topological polar surface area (TPSA) is 84.3 Å². The van der Waals surface area contributed by atoms with Crippen LogP contribution in [-0.4, -0.2) is 27.9 Å². The quantitative estimate of drug-likeness (QED) is 0.437. The number of anilines is 2. The van der Waals surface area contributed by atoms with Crippen molar-refractivity contribution in [3.63, 3.8) is 0 Å². The Labute approximate surface area is 212 Å². The van der Waals surface area contributed by atoms with E-state index in [1.807, 2.05) is 18.2 Å². The van der Waals surface area contributed by atoms with Gasteiger partial charge in [-0.15, -0.1) is 11.3 Å². The van der Waals surface area contributed by atoms with Gasteiger partial charge in [-0.3, -0.25) is 19.0 Å². The van der Waals surface area contributed by atoms with Gasteiger partial charge in [0, 0.05) is 41.3 Å². The van der Waals surface area contributed by atoms with Crippen LogP contribution in [0, 0.1) is 0 Å². The number of hydrogen-bond acceptors (Lipinski definition) is 5. The molecular weight excluding hydrogens is 472 g/mol. The van der Waals surface area contributed by atoms with E-state index in [-0.39, 0.29) is 30.3 Å². The number of aromatic nitrogens is 2. The van der Waals surface area contributed by atoms with Crippen molar-refractivity contribution in [2.45, 2.75) is 45.1 Å². The first-order valence-corrected chi connectivity index (χ1v) is 13.2. The van der Waals surface area contributed by atoms with Crippen LogP contribution in [0.25, 0.3) is 10.2 Å². The van der Waals surface area contributed by atoms with Crippen LogP contribution >= 0.6 is 11.3 Å². The molecule has 0 radical (unpaired) electrons. The smallest absolute Gasteiger partial charge is 0.262 e. The van der Waals surface area contributed by atoms with Gasteiger partial charge in [0.1, 0.15) is 4.83 Å². The standard InChI is InChI=1S/C28H26N4O3S/c33-24(14-15-31-17-29-26-25(28(31)35)21-6-2-4-8-23(21)36-26)30-20-11-9-19(10-12-20)27(34)32-16-13-18-5-1-3-7-22(18)32/h1,3,5,7,9-12,17H,2,4,6,8,13-16H2,(H,30,33). The van der Waals surface area contributed by atoms with Gasteiger partial charge in [-0.2, -0.15) is 0 Å². The Bertz CT molecular complexity index is 1540. The monoisotopic (exact) mass is 498 g/mol. The highest BCUT2D eigenvalue weighted by atomic mass is 32.1. The second kappa shape index (κ2) is 9.35. The lowest BCUT2D eigenvalue weighted by Gasteiger charge is -2.17. The molecule has 8 heteroatoms. The molecule has 7 nitrogen and oxygen atoms in total. The average Bonchev–Trinajstić information content (AvgIpc) is 3.50. The molecule has 3 heterocycles. The van der Waals surface area contributed by atoms with E-state index in [4.69, 9.17) is 0 Å². The zero-order chi connectivity index (χ0) is 24.6. The fourth-order valence-corrected chi connectivity index (χ4v) is 6.41. The van der Waals surface area contributed by atoms with E-state index >= 15 is 0 Å². The third-order valence-corrected chi connectivity index (χ3v) is 8.27. The van der Waals surface area contributed by atoms with E-state index in [1.54, 1.807) is 51.4 Å². The minimum Gasteiger partial charge on any atom is -0.326 e. The molecule has 0 unspecified atom stereocenters. The summed E-state index contributed by atoms with van der Waals surface area (Å²) in [5.74, 6) is -0.238. The predicted molar refractivity (Wildman–Crippen MR) is 142 cm³/mol. The number of carbonyl (C=O) groups is 2. The van der Waals surface area contributed by atoms with Crippen LogP contribution in [-0.2, 0) is 30.6 Å². The van der Waals surface area contributed by atoms with Crippen molar-refractivity contribution in [3.05, 3.63) is 86.8 Å². The summed E-state index contributed by atoms with van der Waals surface area (Å²) >= 11 is 1.63. The molecule has 2 aromatic heterocycles. The average molecular weight is 499 g/mol. The molecule has 182 valence electrons. The van der Waals surface area contributed by atoms with Crippen molar-refractivity contribution in [3.8, 4) is 0 Å². The molecule has 0 saturated carbocycles. The number of fused-ring (bicyclic) bond motifs is 4. The minimum absolute atomic E-state index is 0.0456. The van der Waals surface area contributed by atoms with Crippen LogP contribution < -0.4 is 15.8 Å². The molecule has 0 spiro atoms. The molecule has 0 fully saturated rings. The number of benzene rings is 2. The Kier molecular flexibility index (Phi) is 5.89. The molecule has 1 N–H and O–H groups in total. The van der Waals surface area contributed by atoms with E-state index in [2.05, 4.69) is 16.4 Å². The van der Waals surface area contributed by atoms with Crippen molar-refractivity contribution in [2.24, 2.45) is 0 Å². The SMILES string of the molecule is O=C(CCn1cnc2sc3c(c2c1=O)CCCC3)Nc1ccc(C(=O)N2CCc3ccccc32)cc1. The lowest BCUT2D eigenvalue weighted by molar-refractivity contribution is -0.116. The molecule has 0 saturated heterocycles. The lowest BCUT2D eigenvalue weighted by atomic mass is 9.97. The minimum atomic E-state index is -0.193. The normalized spacial score (nSPS) is 14.5. The van der Waals surface area contributed by atoms with Crippen molar-refractivity contribution >= 4 is 44.7 Å². The van der Waals surface area contributed by atoms with Gasteiger partial charge >= 0.3 is 0 Å². The highest BCUT2D eigenvalue weighted by Crippen LogP contribution is 2.33. The maximum absolute atomic E-state index is 13.1. The summed E-state index contributed by atoms with van der Waals surface area (Å²) in [7, 11) is 0. The number of nitrogens with one attached hydrogen (secondary N) is 1. The zero-order valence-corrected chi connectivity index (χ0v) is 20.6. The van der Waals surface area contributed by atoms with Gasteiger partial charge in [-0.25, -0.2) is 4.98 Å². The van der Waals surface area contributed by atoms with Gasteiger partial charge in [0.15, 0.2) is 0 Å².